The highest BCUT2D eigenvalue weighted by Crippen LogP contribution is 2.16. The van der Waals surface area contributed by atoms with E-state index in [0.29, 0.717) is 5.92 Å². The molecule has 62 valence electrons. The molecule has 1 atom stereocenters. The number of hydrogen-bond acceptors (Lipinski definition) is 2. The summed E-state index contributed by atoms with van der Waals surface area (Å²) >= 11 is 0. The molecule has 1 N–H and O–H groups in total. The van der Waals surface area contributed by atoms with Gasteiger partial charge in [-0.25, -0.2) is 0 Å². The van der Waals surface area contributed by atoms with E-state index in [9.17, 15) is 4.79 Å². The summed E-state index contributed by atoms with van der Waals surface area (Å²) in [6, 6.07) is 0.0625. The first-order valence-electron chi connectivity index (χ1n) is 3.71. The lowest BCUT2D eigenvalue weighted by Gasteiger charge is -2.17. The molecule has 3 nitrogen and oxygen atoms in total. The summed E-state index contributed by atoms with van der Waals surface area (Å²) in [5, 5.41) is 2.80. The van der Waals surface area contributed by atoms with Gasteiger partial charge in [0, 0.05) is 6.08 Å². The zero-order valence-corrected chi connectivity index (χ0v) is 7.05. The highest BCUT2D eigenvalue weighted by atomic mass is 16.5. The van der Waals surface area contributed by atoms with Crippen LogP contribution in [-0.4, -0.2) is 19.1 Å². The van der Waals surface area contributed by atoms with Gasteiger partial charge in [0.2, 0.25) is 5.91 Å². The second-order valence-corrected chi connectivity index (χ2v) is 2.98. The molecule has 0 aliphatic carbocycles. The van der Waals surface area contributed by atoms with Crippen LogP contribution in [0.3, 0.4) is 0 Å². The summed E-state index contributed by atoms with van der Waals surface area (Å²) < 4.78 is 5.03. The molecular formula is C8H13NO2. The smallest absolute Gasteiger partial charge is 0.248 e. The Morgan fingerprint density at radius 1 is 1.64 bits per heavy atom. The fraction of sp³-hybridized carbons (Fsp3) is 0.625. The predicted molar refractivity (Wildman–Crippen MR) is 41.9 cm³/mol. The summed E-state index contributed by atoms with van der Waals surface area (Å²) in [5.74, 6) is 1.07. The summed E-state index contributed by atoms with van der Waals surface area (Å²) in [4.78, 5) is 10.9. The normalized spacial score (nSPS) is 23.5. The van der Waals surface area contributed by atoms with Crippen LogP contribution in [0.2, 0.25) is 0 Å². The van der Waals surface area contributed by atoms with Crippen LogP contribution in [0.1, 0.15) is 13.8 Å². The van der Waals surface area contributed by atoms with Gasteiger partial charge in [-0.1, -0.05) is 13.8 Å². The first-order valence-corrected chi connectivity index (χ1v) is 3.71. The average molecular weight is 155 g/mol. The highest BCUT2D eigenvalue weighted by molar-refractivity contribution is 5.91. The second kappa shape index (κ2) is 2.95. The number of carbonyl (C=O) groups excluding carboxylic acids is 1. The Morgan fingerprint density at radius 3 is 2.64 bits per heavy atom. The molecule has 3 heteroatoms. The van der Waals surface area contributed by atoms with Crippen LogP contribution in [0.4, 0.5) is 0 Å². The molecule has 1 aliphatic rings. The highest BCUT2D eigenvalue weighted by Gasteiger charge is 2.26. The van der Waals surface area contributed by atoms with E-state index in [-0.39, 0.29) is 11.9 Å². The van der Waals surface area contributed by atoms with Gasteiger partial charge in [0.05, 0.1) is 13.2 Å². The fourth-order valence-electron chi connectivity index (χ4n) is 1.17. The van der Waals surface area contributed by atoms with Gasteiger partial charge >= 0.3 is 0 Å². The minimum Gasteiger partial charge on any atom is -0.499 e. The third-order valence-corrected chi connectivity index (χ3v) is 1.78. The summed E-state index contributed by atoms with van der Waals surface area (Å²) in [7, 11) is 1.58. The topological polar surface area (TPSA) is 38.3 Å². The number of carbonyl (C=O) groups is 1. The second-order valence-electron chi connectivity index (χ2n) is 2.98. The number of rotatable bonds is 2. The zero-order valence-electron chi connectivity index (χ0n) is 7.05. The van der Waals surface area contributed by atoms with E-state index >= 15 is 0 Å². The van der Waals surface area contributed by atoms with E-state index < -0.39 is 0 Å². The van der Waals surface area contributed by atoms with Crippen LogP contribution in [0.25, 0.3) is 0 Å². The van der Waals surface area contributed by atoms with Crippen molar-refractivity contribution in [3.05, 3.63) is 11.8 Å². The van der Waals surface area contributed by atoms with E-state index in [1.165, 1.54) is 6.08 Å². The lowest BCUT2D eigenvalue weighted by molar-refractivity contribution is -0.116. The number of ether oxygens (including phenoxy) is 1. The molecule has 1 unspecified atom stereocenters. The number of hydrogen-bond donors (Lipinski definition) is 1. The lowest BCUT2D eigenvalue weighted by Crippen LogP contribution is -2.33. The van der Waals surface area contributed by atoms with Crippen molar-refractivity contribution in [3.8, 4) is 0 Å². The molecule has 1 rings (SSSR count). The van der Waals surface area contributed by atoms with Crippen LogP contribution in [-0.2, 0) is 9.53 Å². The van der Waals surface area contributed by atoms with Crippen LogP contribution in [0.15, 0.2) is 11.8 Å². The molecule has 1 aliphatic heterocycles. The number of amides is 1. The maximum atomic E-state index is 10.9. The van der Waals surface area contributed by atoms with Gasteiger partial charge in [-0.05, 0) is 5.92 Å². The van der Waals surface area contributed by atoms with E-state index in [1.807, 2.05) is 13.8 Å². The van der Waals surface area contributed by atoms with Gasteiger partial charge in [-0.3, -0.25) is 4.79 Å². The van der Waals surface area contributed by atoms with E-state index in [4.69, 9.17) is 4.74 Å². The number of methoxy groups -OCH3 is 1. The molecule has 0 fully saturated rings. The molecule has 0 spiro atoms. The predicted octanol–water partition coefficient (Wildman–Crippen LogP) is 0.671. The summed E-state index contributed by atoms with van der Waals surface area (Å²) in [5.41, 5.74) is 0. The molecule has 0 aromatic carbocycles. The van der Waals surface area contributed by atoms with Crippen molar-refractivity contribution in [3.63, 3.8) is 0 Å². The van der Waals surface area contributed by atoms with Crippen molar-refractivity contribution in [2.24, 2.45) is 5.92 Å². The van der Waals surface area contributed by atoms with Crippen molar-refractivity contribution in [1.29, 1.82) is 0 Å². The first kappa shape index (κ1) is 8.11. The Hall–Kier alpha value is -0.990. The molecule has 0 bridgehead atoms. The maximum Gasteiger partial charge on any atom is 0.248 e. The SMILES string of the molecule is COC1=CC(=O)NC1C(C)C. The molecular weight excluding hydrogens is 142 g/mol. The van der Waals surface area contributed by atoms with Crippen molar-refractivity contribution < 1.29 is 9.53 Å². The maximum absolute atomic E-state index is 10.9. The zero-order chi connectivity index (χ0) is 8.43. The molecule has 1 amide bonds. The van der Waals surface area contributed by atoms with E-state index in [0.717, 1.165) is 5.76 Å². The van der Waals surface area contributed by atoms with Gasteiger partial charge < -0.3 is 10.1 Å². The standard InChI is InChI=1S/C8H13NO2/c1-5(2)8-6(11-3)4-7(10)9-8/h4-5,8H,1-3H3,(H,9,10). The summed E-state index contributed by atoms with van der Waals surface area (Å²) in [6.45, 7) is 4.09. The largest absolute Gasteiger partial charge is 0.499 e. The van der Waals surface area contributed by atoms with Gasteiger partial charge in [0.1, 0.15) is 5.76 Å². The molecule has 0 saturated carbocycles. The van der Waals surface area contributed by atoms with Crippen molar-refractivity contribution in [2.75, 3.05) is 7.11 Å². The minimum atomic E-state index is -0.0550. The molecule has 11 heavy (non-hydrogen) atoms. The van der Waals surface area contributed by atoms with E-state index in [1.54, 1.807) is 7.11 Å². The minimum absolute atomic E-state index is 0.0550. The van der Waals surface area contributed by atoms with Crippen LogP contribution >= 0.6 is 0 Å². The van der Waals surface area contributed by atoms with Crippen molar-refractivity contribution in [2.45, 2.75) is 19.9 Å². The Bertz CT molecular complexity index is 196. The van der Waals surface area contributed by atoms with Gasteiger partial charge in [0.25, 0.3) is 0 Å². The Labute approximate surface area is 66.4 Å². The third-order valence-electron chi connectivity index (χ3n) is 1.78. The van der Waals surface area contributed by atoms with Crippen LogP contribution in [0.5, 0.6) is 0 Å². The van der Waals surface area contributed by atoms with Crippen LogP contribution in [0, 0.1) is 5.92 Å². The molecule has 0 saturated heterocycles. The molecule has 0 radical (unpaired) electrons. The van der Waals surface area contributed by atoms with Crippen molar-refractivity contribution >= 4 is 5.91 Å². The molecule has 1 heterocycles. The van der Waals surface area contributed by atoms with E-state index in [2.05, 4.69) is 5.32 Å². The van der Waals surface area contributed by atoms with Gasteiger partial charge in [-0.2, -0.15) is 0 Å². The Morgan fingerprint density at radius 2 is 2.27 bits per heavy atom. The van der Waals surface area contributed by atoms with Crippen LogP contribution < -0.4 is 5.32 Å². The monoisotopic (exact) mass is 155 g/mol. The van der Waals surface area contributed by atoms with Gasteiger partial charge in [-0.15, -0.1) is 0 Å². The molecule has 0 aromatic heterocycles. The van der Waals surface area contributed by atoms with Crippen molar-refractivity contribution in [1.82, 2.24) is 5.32 Å². The number of nitrogens with one attached hydrogen (secondary N) is 1. The fourth-order valence-corrected chi connectivity index (χ4v) is 1.17. The van der Waals surface area contributed by atoms with Gasteiger partial charge in [0.15, 0.2) is 0 Å². The molecule has 0 aromatic rings. The summed E-state index contributed by atoms with van der Waals surface area (Å²) in [6.07, 6.45) is 1.50. The third kappa shape index (κ3) is 1.53. The quantitative estimate of drug-likeness (QED) is 0.636. The first-order chi connectivity index (χ1) is 5.15. The Kier molecular flexibility index (Phi) is 2.17. The Balaban J connectivity index is 2.71. The average Bonchev–Trinajstić information content (AvgIpc) is 2.30. The lowest BCUT2D eigenvalue weighted by atomic mass is 10.0.